The summed E-state index contributed by atoms with van der Waals surface area (Å²) in [7, 11) is 0. The second kappa shape index (κ2) is 3.73. The number of hydrogen-bond donors (Lipinski definition) is 0. The Bertz CT molecular complexity index is 600. The van der Waals surface area contributed by atoms with Crippen molar-refractivity contribution in [2.24, 2.45) is 0 Å². The molecule has 0 aliphatic heterocycles. The minimum atomic E-state index is 0.731. The Kier molecular flexibility index (Phi) is 2.11. The summed E-state index contributed by atoms with van der Waals surface area (Å²) in [6.07, 6.45) is 6.15. The lowest BCUT2D eigenvalue weighted by atomic mass is 10.2. The zero-order valence-electron chi connectivity index (χ0n) is 8.54. The van der Waals surface area contributed by atoms with Gasteiger partial charge in [0.05, 0.1) is 12.7 Å². The Hall–Kier alpha value is -2.23. The molecule has 2 heterocycles. The van der Waals surface area contributed by atoms with Gasteiger partial charge in [0.2, 0.25) is 0 Å². The van der Waals surface area contributed by atoms with Crippen molar-refractivity contribution in [3.63, 3.8) is 0 Å². The van der Waals surface area contributed by atoms with E-state index in [2.05, 4.69) is 33.4 Å². The molecule has 0 fully saturated rings. The van der Waals surface area contributed by atoms with Crippen molar-refractivity contribution in [3.05, 3.63) is 54.7 Å². The highest BCUT2D eigenvalue weighted by atomic mass is 15.1. The van der Waals surface area contributed by atoms with Crippen LogP contribution in [-0.4, -0.2) is 19.5 Å². The third-order valence-electron chi connectivity index (χ3n) is 2.40. The molecule has 16 heavy (non-hydrogen) atoms. The second-order valence-electron chi connectivity index (χ2n) is 3.52. The van der Waals surface area contributed by atoms with E-state index in [1.54, 1.807) is 6.20 Å². The number of rotatable bonds is 2. The maximum Gasteiger partial charge on any atom is 0.179 e. The Balaban J connectivity index is 2.01. The highest BCUT2D eigenvalue weighted by Crippen LogP contribution is 2.09. The van der Waals surface area contributed by atoms with Crippen molar-refractivity contribution in [3.8, 4) is 0 Å². The topological polar surface area (TPSA) is 43.6 Å². The molecule has 0 aliphatic rings. The van der Waals surface area contributed by atoms with Gasteiger partial charge in [0, 0.05) is 0 Å². The summed E-state index contributed by atoms with van der Waals surface area (Å²) >= 11 is 0. The molecule has 3 rings (SSSR count). The van der Waals surface area contributed by atoms with Gasteiger partial charge in [-0.1, -0.05) is 30.3 Å². The SMILES string of the molecule is [c]1nc2cncnc2n1Cc1ccccc1. The smallest absolute Gasteiger partial charge is 0.179 e. The molecule has 0 saturated heterocycles. The predicted octanol–water partition coefficient (Wildman–Crippen LogP) is 1.67. The minimum Gasteiger partial charge on any atom is -0.301 e. The molecule has 3 aromatic rings. The van der Waals surface area contributed by atoms with Gasteiger partial charge in [0.25, 0.3) is 0 Å². The summed E-state index contributed by atoms with van der Waals surface area (Å²) in [6, 6.07) is 10.2. The van der Waals surface area contributed by atoms with Crippen molar-refractivity contribution in [2.45, 2.75) is 6.54 Å². The van der Waals surface area contributed by atoms with E-state index in [4.69, 9.17) is 0 Å². The van der Waals surface area contributed by atoms with Gasteiger partial charge in [0.1, 0.15) is 11.8 Å². The standard InChI is InChI=1S/C12H9N4/c1-2-4-10(5-3-1)7-16-9-15-11-6-13-8-14-12(11)16/h1-6,8H,7H2. The third kappa shape index (κ3) is 1.54. The Labute approximate surface area is 92.6 Å². The number of hydrogen-bond acceptors (Lipinski definition) is 3. The lowest BCUT2D eigenvalue weighted by Gasteiger charge is -2.02. The van der Waals surface area contributed by atoms with Gasteiger partial charge in [-0.25, -0.2) is 15.0 Å². The first-order valence-corrected chi connectivity index (χ1v) is 5.01. The van der Waals surface area contributed by atoms with E-state index in [1.165, 1.54) is 11.9 Å². The van der Waals surface area contributed by atoms with Crippen molar-refractivity contribution in [1.29, 1.82) is 0 Å². The molecule has 4 heteroatoms. The summed E-state index contributed by atoms with van der Waals surface area (Å²) in [4.78, 5) is 12.2. The molecule has 1 radical (unpaired) electrons. The summed E-state index contributed by atoms with van der Waals surface area (Å²) in [5.41, 5.74) is 2.80. The molecule has 0 amide bonds. The third-order valence-corrected chi connectivity index (χ3v) is 2.40. The van der Waals surface area contributed by atoms with Gasteiger partial charge in [0.15, 0.2) is 12.0 Å². The highest BCUT2D eigenvalue weighted by molar-refractivity contribution is 5.68. The van der Waals surface area contributed by atoms with Crippen LogP contribution in [0.2, 0.25) is 0 Å². The Morgan fingerprint density at radius 1 is 1.19 bits per heavy atom. The number of imidazole rings is 1. The largest absolute Gasteiger partial charge is 0.301 e. The van der Waals surface area contributed by atoms with Gasteiger partial charge in [-0.3, -0.25) is 0 Å². The first-order chi connectivity index (χ1) is 7.93. The van der Waals surface area contributed by atoms with E-state index < -0.39 is 0 Å². The quantitative estimate of drug-likeness (QED) is 0.645. The van der Waals surface area contributed by atoms with Crippen LogP contribution in [0.15, 0.2) is 42.9 Å². The van der Waals surface area contributed by atoms with Crippen molar-refractivity contribution >= 4 is 11.2 Å². The molecule has 77 valence electrons. The lowest BCUT2D eigenvalue weighted by Crippen LogP contribution is -1.99. The monoisotopic (exact) mass is 209 g/mol. The van der Waals surface area contributed by atoms with Gasteiger partial charge < -0.3 is 4.57 Å². The van der Waals surface area contributed by atoms with Crippen LogP contribution in [0.3, 0.4) is 0 Å². The number of fused-ring (bicyclic) bond motifs is 1. The number of benzene rings is 1. The molecular formula is C12H9N4. The summed E-state index contributed by atoms with van der Waals surface area (Å²) < 4.78 is 1.90. The van der Waals surface area contributed by atoms with E-state index in [-0.39, 0.29) is 0 Å². The molecule has 4 nitrogen and oxygen atoms in total. The van der Waals surface area contributed by atoms with Crippen molar-refractivity contribution in [2.75, 3.05) is 0 Å². The lowest BCUT2D eigenvalue weighted by molar-refractivity contribution is 0.805. The van der Waals surface area contributed by atoms with Gasteiger partial charge in [-0.05, 0) is 5.56 Å². The van der Waals surface area contributed by atoms with Crippen molar-refractivity contribution in [1.82, 2.24) is 19.5 Å². The molecule has 2 aromatic heterocycles. The molecule has 0 N–H and O–H groups in total. The highest BCUT2D eigenvalue weighted by Gasteiger charge is 2.04. The predicted molar refractivity (Wildman–Crippen MR) is 59.7 cm³/mol. The minimum absolute atomic E-state index is 0.731. The average molecular weight is 209 g/mol. The zero-order valence-corrected chi connectivity index (χ0v) is 8.54. The van der Waals surface area contributed by atoms with E-state index in [9.17, 15) is 0 Å². The fraction of sp³-hybridized carbons (Fsp3) is 0.0833. The second-order valence-corrected chi connectivity index (χ2v) is 3.52. The maximum atomic E-state index is 4.20. The van der Waals surface area contributed by atoms with Crippen LogP contribution in [-0.2, 0) is 6.54 Å². The Morgan fingerprint density at radius 2 is 2.06 bits per heavy atom. The molecule has 0 saturated carbocycles. The zero-order chi connectivity index (χ0) is 10.8. The van der Waals surface area contributed by atoms with Crippen LogP contribution in [0, 0.1) is 6.33 Å². The number of aromatic nitrogens is 4. The van der Waals surface area contributed by atoms with E-state index >= 15 is 0 Å². The molecule has 0 atom stereocenters. The van der Waals surface area contributed by atoms with E-state index in [0.29, 0.717) is 0 Å². The van der Waals surface area contributed by atoms with Gasteiger partial charge in [-0.2, -0.15) is 0 Å². The molecule has 1 aromatic carbocycles. The fourth-order valence-electron chi connectivity index (χ4n) is 1.64. The maximum absolute atomic E-state index is 4.20. The fourth-order valence-corrected chi connectivity index (χ4v) is 1.64. The normalized spacial score (nSPS) is 10.8. The van der Waals surface area contributed by atoms with Crippen molar-refractivity contribution < 1.29 is 0 Å². The van der Waals surface area contributed by atoms with Gasteiger partial charge >= 0.3 is 0 Å². The summed E-state index contributed by atoms with van der Waals surface area (Å²) in [5, 5.41) is 0. The molecule has 0 unspecified atom stereocenters. The van der Waals surface area contributed by atoms with Crippen LogP contribution in [0.25, 0.3) is 11.2 Å². The molecular weight excluding hydrogens is 200 g/mol. The molecule has 0 aliphatic carbocycles. The van der Waals surface area contributed by atoms with Crippen LogP contribution in [0.1, 0.15) is 5.56 Å². The van der Waals surface area contributed by atoms with Crippen LogP contribution < -0.4 is 0 Å². The van der Waals surface area contributed by atoms with E-state index in [0.717, 1.165) is 17.7 Å². The molecule has 0 bridgehead atoms. The van der Waals surface area contributed by atoms with Gasteiger partial charge in [-0.15, -0.1) is 0 Å². The molecule has 0 spiro atoms. The van der Waals surface area contributed by atoms with Crippen LogP contribution in [0.4, 0.5) is 0 Å². The van der Waals surface area contributed by atoms with Crippen LogP contribution in [0.5, 0.6) is 0 Å². The van der Waals surface area contributed by atoms with Crippen LogP contribution >= 0.6 is 0 Å². The summed E-state index contributed by atoms with van der Waals surface area (Å²) in [5.74, 6) is 0. The first-order valence-electron chi connectivity index (χ1n) is 5.01. The Morgan fingerprint density at radius 3 is 2.94 bits per heavy atom. The number of nitrogens with zero attached hydrogens (tertiary/aromatic N) is 4. The average Bonchev–Trinajstić information content (AvgIpc) is 2.74. The van der Waals surface area contributed by atoms with E-state index in [1.807, 2.05) is 22.8 Å². The summed E-state index contributed by atoms with van der Waals surface area (Å²) in [6.45, 7) is 0.731. The first kappa shape index (κ1) is 9.03.